The van der Waals surface area contributed by atoms with E-state index in [-0.39, 0.29) is 0 Å². The van der Waals surface area contributed by atoms with Crippen molar-refractivity contribution in [3.8, 4) is 0 Å². The predicted molar refractivity (Wildman–Crippen MR) is 90.2 cm³/mol. The van der Waals surface area contributed by atoms with Gasteiger partial charge in [-0.2, -0.15) is 0 Å². The van der Waals surface area contributed by atoms with Crippen LogP contribution in [-0.4, -0.2) is 23.9 Å². The molecule has 0 saturated carbocycles. The molecule has 0 radical (unpaired) electrons. The maximum absolute atomic E-state index is 12.2. The highest BCUT2D eigenvalue weighted by molar-refractivity contribution is 4.93. The van der Waals surface area contributed by atoms with E-state index in [1.54, 1.807) is 6.08 Å². The highest BCUT2D eigenvalue weighted by Crippen LogP contribution is 2.12. The number of rotatable bonds is 15. The summed E-state index contributed by atoms with van der Waals surface area (Å²) in [5.41, 5.74) is 5.39. The second-order valence-corrected chi connectivity index (χ2v) is 6.06. The average molecular weight is 301 g/mol. The Kier molecular flexibility index (Phi) is 15.7. The molecule has 0 aromatic rings. The minimum absolute atomic E-state index is 0.677. The summed E-state index contributed by atoms with van der Waals surface area (Å²) in [7, 11) is 0. The van der Waals surface area contributed by atoms with Gasteiger partial charge < -0.3 is 10.8 Å². The molecule has 0 heterocycles. The van der Waals surface area contributed by atoms with Crippen LogP contribution in [0, 0.1) is 0 Å². The number of unbranched alkanes of at least 4 members (excludes halogenated alkanes) is 11. The van der Waals surface area contributed by atoms with Crippen molar-refractivity contribution in [2.75, 3.05) is 6.67 Å². The summed E-state index contributed by atoms with van der Waals surface area (Å²) in [6, 6.07) is -0.779. The van der Waals surface area contributed by atoms with Gasteiger partial charge in [-0.15, -0.1) is 0 Å². The molecule has 0 amide bonds. The molecule has 0 aliphatic carbocycles. The zero-order valence-electron chi connectivity index (χ0n) is 13.9. The fraction of sp³-hybridized carbons (Fsp3) is 0.889. The zero-order valence-corrected chi connectivity index (χ0v) is 13.9. The van der Waals surface area contributed by atoms with Crippen molar-refractivity contribution in [3.63, 3.8) is 0 Å². The molecule has 0 fully saturated rings. The van der Waals surface area contributed by atoms with E-state index >= 15 is 0 Å². The Morgan fingerprint density at radius 2 is 1.38 bits per heavy atom. The van der Waals surface area contributed by atoms with Gasteiger partial charge in [-0.05, 0) is 12.8 Å². The van der Waals surface area contributed by atoms with E-state index in [4.69, 9.17) is 5.73 Å². The molecule has 0 aliphatic heterocycles. The van der Waals surface area contributed by atoms with Crippen LogP contribution in [0.2, 0.25) is 0 Å². The Morgan fingerprint density at radius 3 is 1.86 bits per heavy atom. The Hall–Kier alpha value is -0.410. The molecule has 2 atom stereocenters. The van der Waals surface area contributed by atoms with Gasteiger partial charge in [-0.1, -0.05) is 83.3 Å². The number of hydrogen-bond donors (Lipinski definition) is 2. The van der Waals surface area contributed by atoms with Crippen LogP contribution in [0.1, 0.15) is 84.0 Å². The first-order chi connectivity index (χ1) is 10.2. The van der Waals surface area contributed by atoms with E-state index < -0.39 is 18.8 Å². The lowest BCUT2D eigenvalue weighted by Crippen LogP contribution is -2.35. The van der Waals surface area contributed by atoms with Gasteiger partial charge in [0.2, 0.25) is 0 Å². The van der Waals surface area contributed by atoms with E-state index in [0.29, 0.717) is 0 Å². The molecule has 21 heavy (non-hydrogen) atoms. The van der Waals surface area contributed by atoms with Gasteiger partial charge in [-0.25, -0.2) is 4.39 Å². The van der Waals surface area contributed by atoms with E-state index in [9.17, 15) is 9.50 Å². The summed E-state index contributed by atoms with van der Waals surface area (Å²) >= 11 is 0. The molecule has 126 valence electrons. The number of aliphatic hydroxyl groups excluding tert-OH is 1. The predicted octanol–water partition coefficient (Wildman–Crippen LogP) is 4.90. The van der Waals surface area contributed by atoms with Crippen molar-refractivity contribution in [1.82, 2.24) is 0 Å². The lowest BCUT2D eigenvalue weighted by atomic mass is 10.0. The standard InChI is InChI=1S/C18H36FNO/c1-2-3-4-5-6-7-8-9-10-11-12-13-14-15-18(21)17(20)16-19/h14-15,17-18,21H,2-13,16,20H2,1H3/b15-14+. The maximum atomic E-state index is 12.2. The van der Waals surface area contributed by atoms with Crippen LogP contribution in [0.5, 0.6) is 0 Å². The lowest BCUT2D eigenvalue weighted by Gasteiger charge is -2.10. The van der Waals surface area contributed by atoms with Gasteiger partial charge in [0, 0.05) is 0 Å². The van der Waals surface area contributed by atoms with Gasteiger partial charge >= 0.3 is 0 Å². The zero-order chi connectivity index (χ0) is 15.8. The van der Waals surface area contributed by atoms with Gasteiger partial charge in [0.05, 0.1) is 12.1 Å². The van der Waals surface area contributed by atoms with Crippen molar-refractivity contribution in [2.45, 2.75) is 96.1 Å². The minimum Gasteiger partial charge on any atom is -0.387 e. The Labute approximate surface area is 131 Å². The van der Waals surface area contributed by atoms with Gasteiger partial charge in [-0.3, -0.25) is 0 Å². The van der Waals surface area contributed by atoms with E-state index in [0.717, 1.165) is 12.8 Å². The third-order valence-corrected chi connectivity index (χ3v) is 3.92. The quantitative estimate of drug-likeness (QED) is 0.334. The molecular formula is C18H36FNO. The van der Waals surface area contributed by atoms with E-state index in [2.05, 4.69) is 6.92 Å². The third-order valence-electron chi connectivity index (χ3n) is 3.92. The van der Waals surface area contributed by atoms with Crippen molar-refractivity contribution in [2.24, 2.45) is 5.73 Å². The van der Waals surface area contributed by atoms with Crippen LogP contribution >= 0.6 is 0 Å². The average Bonchev–Trinajstić information content (AvgIpc) is 2.50. The summed E-state index contributed by atoms with van der Waals surface area (Å²) in [6.07, 6.45) is 18.4. The van der Waals surface area contributed by atoms with Gasteiger partial charge in [0.25, 0.3) is 0 Å². The smallest absolute Gasteiger partial charge is 0.107 e. The maximum Gasteiger partial charge on any atom is 0.107 e. The lowest BCUT2D eigenvalue weighted by molar-refractivity contribution is 0.174. The Morgan fingerprint density at radius 1 is 0.905 bits per heavy atom. The molecule has 3 heteroatoms. The van der Waals surface area contributed by atoms with Crippen molar-refractivity contribution in [1.29, 1.82) is 0 Å². The molecular weight excluding hydrogens is 265 g/mol. The van der Waals surface area contributed by atoms with Crippen LogP contribution in [0.3, 0.4) is 0 Å². The first-order valence-electron chi connectivity index (χ1n) is 8.88. The van der Waals surface area contributed by atoms with Crippen LogP contribution < -0.4 is 5.73 Å². The van der Waals surface area contributed by atoms with E-state index in [1.165, 1.54) is 64.2 Å². The molecule has 0 saturated heterocycles. The first-order valence-corrected chi connectivity index (χ1v) is 8.88. The molecule has 0 aromatic carbocycles. The molecule has 0 bridgehead atoms. The third kappa shape index (κ3) is 14.3. The molecule has 2 unspecified atom stereocenters. The summed E-state index contributed by atoms with van der Waals surface area (Å²) in [4.78, 5) is 0. The van der Waals surface area contributed by atoms with Gasteiger partial charge in [0.15, 0.2) is 0 Å². The summed E-state index contributed by atoms with van der Waals surface area (Å²) in [5.74, 6) is 0. The number of hydrogen-bond acceptors (Lipinski definition) is 2. The molecule has 2 nitrogen and oxygen atoms in total. The number of aliphatic hydroxyl groups is 1. The van der Waals surface area contributed by atoms with Crippen LogP contribution in [0.4, 0.5) is 4.39 Å². The fourth-order valence-electron chi connectivity index (χ4n) is 2.40. The summed E-state index contributed by atoms with van der Waals surface area (Å²) < 4.78 is 12.2. The number of nitrogens with two attached hydrogens (primary N) is 1. The summed E-state index contributed by atoms with van der Waals surface area (Å²) in [5, 5.41) is 9.44. The first kappa shape index (κ1) is 20.6. The number of allylic oxidation sites excluding steroid dienone is 1. The van der Waals surface area contributed by atoms with Crippen molar-refractivity contribution < 1.29 is 9.50 Å². The van der Waals surface area contributed by atoms with Crippen molar-refractivity contribution >= 4 is 0 Å². The molecule has 0 aromatic heterocycles. The number of halogens is 1. The fourth-order valence-corrected chi connectivity index (χ4v) is 2.40. The molecule has 0 spiro atoms. The monoisotopic (exact) mass is 301 g/mol. The highest BCUT2D eigenvalue weighted by atomic mass is 19.1. The second-order valence-electron chi connectivity index (χ2n) is 6.06. The van der Waals surface area contributed by atoms with Crippen molar-refractivity contribution in [3.05, 3.63) is 12.2 Å². The topological polar surface area (TPSA) is 46.2 Å². The Bertz CT molecular complexity index is 233. The van der Waals surface area contributed by atoms with E-state index in [1.807, 2.05) is 6.08 Å². The van der Waals surface area contributed by atoms with Crippen LogP contribution in [-0.2, 0) is 0 Å². The van der Waals surface area contributed by atoms with Gasteiger partial charge in [0.1, 0.15) is 6.67 Å². The minimum atomic E-state index is -0.845. The molecule has 0 rings (SSSR count). The van der Waals surface area contributed by atoms with Crippen LogP contribution in [0.15, 0.2) is 12.2 Å². The highest BCUT2D eigenvalue weighted by Gasteiger charge is 2.09. The largest absolute Gasteiger partial charge is 0.387 e. The number of alkyl halides is 1. The Balaban J connectivity index is 3.20. The summed E-state index contributed by atoms with van der Waals surface area (Å²) in [6.45, 7) is 1.58. The SMILES string of the molecule is CCCCCCCCCCCCC/C=C/C(O)C(N)CF. The normalized spacial score (nSPS) is 14.7. The molecule has 3 N–H and O–H groups in total. The molecule has 0 aliphatic rings. The second kappa shape index (κ2) is 16.0. The van der Waals surface area contributed by atoms with Crippen LogP contribution in [0.25, 0.3) is 0 Å².